The van der Waals surface area contributed by atoms with Gasteiger partial charge in [0.1, 0.15) is 0 Å². The fraction of sp³-hybridized carbons (Fsp3) is 0.737. The van der Waals surface area contributed by atoms with Gasteiger partial charge in [-0.2, -0.15) is 0 Å². The number of likely N-dealkylation sites (tertiary alicyclic amines) is 1. The molecule has 0 aromatic heterocycles. The van der Waals surface area contributed by atoms with Crippen LogP contribution in [0.4, 0.5) is 0 Å². The number of amides is 2. The standard InChI is InChI=1S/C19H32N2O6/c1-4-13(3)6-9-20-18(25)16(23)17(24)19(26)21-10-7-14(8-11-21)12-15(22)27-5-2/h4,14,16-17,23-24H,5-12H2,1-3H3,(H,20,25)/t16-,17-/m1/s1. The maximum Gasteiger partial charge on any atom is 0.306 e. The van der Waals surface area contributed by atoms with Crippen molar-refractivity contribution < 1.29 is 29.3 Å². The summed E-state index contributed by atoms with van der Waals surface area (Å²) in [5.41, 5.74) is 1.09. The average molecular weight is 384 g/mol. The molecule has 0 radical (unpaired) electrons. The molecule has 1 saturated heterocycles. The number of carbonyl (C=O) groups is 3. The number of ether oxygens (including phenoxy) is 1. The minimum absolute atomic E-state index is 0.133. The quantitative estimate of drug-likeness (QED) is 0.391. The van der Waals surface area contributed by atoms with E-state index in [0.29, 0.717) is 51.9 Å². The SMILES string of the molecule is CC=C(C)CCNC(=O)[C@H](O)[C@@H](O)C(=O)N1CCC(CC(=O)OCC)CC1. The van der Waals surface area contributed by atoms with Crippen LogP contribution in [-0.2, 0) is 19.1 Å². The zero-order valence-corrected chi connectivity index (χ0v) is 16.4. The first-order valence-electron chi connectivity index (χ1n) is 9.50. The maximum atomic E-state index is 12.3. The largest absolute Gasteiger partial charge is 0.466 e. The van der Waals surface area contributed by atoms with Crippen LogP contribution in [0.15, 0.2) is 11.6 Å². The Bertz CT molecular complexity index is 540. The Morgan fingerprint density at radius 2 is 1.85 bits per heavy atom. The van der Waals surface area contributed by atoms with E-state index < -0.39 is 24.0 Å². The summed E-state index contributed by atoms with van der Waals surface area (Å²) in [6, 6.07) is 0. The Hall–Kier alpha value is -1.93. The predicted octanol–water partition coefficient (Wildman–Crippen LogP) is 0.373. The Kier molecular flexibility index (Phi) is 10.0. The van der Waals surface area contributed by atoms with Crippen LogP contribution in [0.25, 0.3) is 0 Å². The second-order valence-corrected chi connectivity index (χ2v) is 6.84. The fourth-order valence-corrected chi connectivity index (χ4v) is 2.91. The van der Waals surface area contributed by atoms with E-state index in [0.717, 1.165) is 5.57 Å². The molecule has 1 aliphatic rings. The van der Waals surface area contributed by atoms with Crippen LogP contribution in [0.1, 0.15) is 46.5 Å². The molecule has 154 valence electrons. The van der Waals surface area contributed by atoms with Gasteiger partial charge in [0, 0.05) is 26.1 Å². The van der Waals surface area contributed by atoms with Gasteiger partial charge in [0.25, 0.3) is 11.8 Å². The summed E-state index contributed by atoms with van der Waals surface area (Å²) in [6.07, 6.45) is 0.494. The number of aliphatic hydroxyl groups is 2. The van der Waals surface area contributed by atoms with Crippen molar-refractivity contribution in [1.82, 2.24) is 10.2 Å². The van der Waals surface area contributed by atoms with Crippen LogP contribution in [0, 0.1) is 5.92 Å². The highest BCUT2D eigenvalue weighted by molar-refractivity contribution is 5.90. The van der Waals surface area contributed by atoms with E-state index in [2.05, 4.69) is 5.32 Å². The number of aliphatic hydroxyl groups excluding tert-OH is 2. The molecule has 0 unspecified atom stereocenters. The molecule has 1 aliphatic heterocycles. The van der Waals surface area contributed by atoms with Gasteiger partial charge in [-0.15, -0.1) is 0 Å². The third-order valence-electron chi connectivity index (χ3n) is 4.82. The molecule has 2 amide bonds. The maximum absolute atomic E-state index is 12.3. The van der Waals surface area contributed by atoms with Crippen molar-refractivity contribution in [3.05, 3.63) is 11.6 Å². The number of allylic oxidation sites excluding steroid dienone is 1. The topological polar surface area (TPSA) is 116 Å². The summed E-state index contributed by atoms with van der Waals surface area (Å²) in [5.74, 6) is -1.55. The first-order chi connectivity index (χ1) is 12.8. The molecule has 0 aromatic rings. The molecular formula is C19H32N2O6. The Morgan fingerprint density at radius 1 is 1.22 bits per heavy atom. The molecular weight excluding hydrogens is 352 g/mol. The molecule has 27 heavy (non-hydrogen) atoms. The highest BCUT2D eigenvalue weighted by atomic mass is 16.5. The van der Waals surface area contributed by atoms with Crippen LogP contribution in [0.3, 0.4) is 0 Å². The number of hydrogen-bond acceptors (Lipinski definition) is 6. The molecule has 0 bridgehead atoms. The second kappa shape index (κ2) is 11.7. The highest BCUT2D eigenvalue weighted by Crippen LogP contribution is 2.21. The zero-order chi connectivity index (χ0) is 20.4. The summed E-state index contributed by atoms with van der Waals surface area (Å²) in [4.78, 5) is 37.2. The van der Waals surface area contributed by atoms with Crippen molar-refractivity contribution in [2.45, 2.75) is 58.7 Å². The summed E-state index contributed by atoms with van der Waals surface area (Å²) in [7, 11) is 0. The molecule has 3 N–H and O–H groups in total. The number of esters is 1. The van der Waals surface area contributed by atoms with Crippen molar-refractivity contribution in [1.29, 1.82) is 0 Å². The number of nitrogens with zero attached hydrogens (tertiary/aromatic N) is 1. The number of rotatable bonds is 9. The summed E-state index contributed by atoms with van der Waals surface area (Å²) in [6.45, 7) is 6.98. The molecule has 8 nitrogen and oxygen atoms in total. The van der Waals surface area contributed by atoms with Crippen LogP contribution < -0.4 is 5.32 Å². The molecule has 8 heteroatoms. The molecule has 0 aliphatic carbocycles. The van der Waals surface area contributed by atoms with E-state index in [1.165, 1.54) is 4.90 Å². The van der Waals surface area contributed by atoms with Gasteiger partial charge in [0.05, 0.1) is 6.61 Å². The van der Waals surface area contributed by atoms with Crippen molar-refractivity contribution in [2.24, 2.45) is 5.92 Å². The minimum atomic E-state index is -1.80. The smallest absolute Gasteiger partial charge is 0.306 e. The summed E-state index contributed by atoms with van der Waals surface area (Å²) in [5, 5.41) is 22.5. The lowest BCUT2D eigenvalue weighted by Gasteiger charge is -2.33. The van der Waals surface area contributed by atoms with E-state index >= 15 is 0 Å². The third-order valence-corrected chi connectivity index (χ3v) is 4.82. The Balaban J connectivity index is 2.42. The summed E-state index contributed by atoms with van der Waals surface area (Å²) < 4.78 is 4.93. The minimum Gasteiger partial charge on any atom is -0.466 e. The van der Waals surface area contributed by atoms with Gasteiger partial charge in [0.15, 0.2) is 12.2 Å². The van der Waals surface area contributed by atoms with Gasteiger partial charge < -0.3 is 25.2 Å². The molecule has 0 saturated carbocycles. The van der Waals surface area contributed by atoms with Crippen LogP contribution in [-0.4, -0.2) is 71.3 Å². The molecule has 0 aromatic carbocycles. The van der Waals surface area contributed by atoms with Crippen molar-refractivity contribution >= 4 is 17.8 Å². The van der Waals surface area contributed by atoms with Crippen LogP contribution >= 0.6 is 0 Å². The molecule has 1 rings (SSSR count). The van der Waals surface area contributed by atoms with Gasteiger partial charge in [-0.1, -0.05) is 11.6 Å². The second-order valence-electron chi connectivity index (χ2n) is 6.84. The lowest BCUT2D eigenvalue weighted by molar-refractivity contribution is -0.154. The van der Waals surface area contributed by atoms with Gasteiger partial charge in [-0.3, -0.25) is 14.4 Å². The van der Waals surface area contributed by atoms with Gasteiger partial charge in [0.2, 0.25) is 0 Å². The predicted molar refractivity (Wildman–Crippen MR) is 99.6 cm³/mol. The zero-order valence-electron chi connectivity index (χ0n) is 16.4. The van der Waals surface area contributed by atoms with Gasteiger partial charge >= 0.3 is 5.97 Å². The number of hydrogen-bond donors (Lipinski definition) is 3. The number of piperidine rings is 1. The monoisotopic (exact) mass is 384 g/mol. The van der Waals surface area contributed by atoms with Crippen LogP contribution in [0.2, 0.25) is 0 Å². The highest BCUT2D eigenvalue weighted by Gasteiger charge is 2.35. The lowest BCUT2D eigenvalue weighted by Crippen LogP contribution is -2.52. The van der Waals surface area contributed by atoms with Gasteiger partial charge in [-0.25, -0.2) is 0 Å². The number of nitrogens with one attached hydrogen (secondary N) is 1. The van der Waals surface area contributed by atoms with E-state index in [-0.39, 0.29) is 11.9 Å². The first kappa shape index (κ1) is 23.1. The summed E-state index contributed by atoms with van der Waals surface area (Å²) >= 11 is 0. The third kappa shape index (κ3) is 7.68. The molecule has 1 fully saturated rings. The average Bonchev–Trinajstić information content (AvgIpc) is 2.66. The lowest BCUT2D eigenvalue weighted by atomic mass is 9.93. The first-order valence-corrected chi connectivity index (χ1v) is 9.50. The Morgan fingerprint density at radius 3 is 2.41 bits per heavy atom. The number of carbonyl (C=O) groups excluding carboxylic acids is 3. The Labute approximate surface area is 160 Å². The van der Waals surface area contributed by atoms with Crippen molar-refractivity contribution in [3.63, 3.8) is 0 Å². The fourth-order valence-electron chi connectivity index (χ4n) is 2.91. The van der Waals surface area contributed by atoms with Gasteiger partial charge in [-0.05, 0) is 46.0 Å². The van der Waals surface area contributed by atoms with Crippen molar-refractivity contribution in [2.75, 3.05) is 26.2 Å². The molecule has 0 spiro atoms. The van der Waals surface area contributed by atoms with E-state index in [1.807, 2.05) is 19.9 Å². The normalized spacial score (nSPS) is 18.0. The van der Waals surface area contributed by atoms with Crippen molar-refractivity contribution in [3.8, 4) is 0 Å². The van der Waals surface area contributed by atoms with E-state index in [9.17, 15) is 24.6 Å². The van der Waals surface area contributed by atoms with E-state index in [4.69, 9.17) is 4.74 Å². The van der Waals surface area contributed by atoms with E-state index in [1.54, 1.807) is 6.92 Å². The van der Waals surface area contributed by atoms with Crippen LogP contribution in [0.5, 0.6) is 0 Å². The molecule has 1 heterocycles. The molecule has 2 atom stereocenters.